The van der Waals surface area contributed by atoms with Gasteiger partial charge in [0.2, 0.25) is 5.91 Å². The molecule has 29 heavy (non-hydrogen) atoms. The summed E-state index contributed by atoms with van der Waals surface area (Å²) in [5.41, 5.74) is 1.38. The maximum absolute atomic E-state index is 12.5. The second kappa shape index (κ2) is 9.04. The van der Waals surface area contributed by atoms with Crippen molar-refractivity contribution in [3.05, 3.63) is 46.8 Å². The number of hydrogen-bond acceptors (Lipinski definition) is 4. The quantitative estimate of drug-likeness (QED) is 0.585. The molecule has 0 bridgehead atoms. The number of carbonyl (C=O) groups excluding carboxylic acids is 2. The Bertz CT molecular complexity index is 1010. The molecular formula is C20H21F2N3O3S. The number of anilines is 1. The fourth-order valence-corrected chi connectivity index (χ4v) is 3.80. The van der Waals surface area contributed by atoms with Crippen molar-refractivity contribution < 1.29 is 23.1 Å². The Morgan fingerprint density at radius 2 is 1.97 bits per heavy atom. The van der Waals surface area contributed by atoms with E-state index in [0.29, 0.717) is 18.8 Å². The number of halogens is 2. The number of nitrogens with zero attached hydrogens (tertiary/aromatic N) is 2. The van der Waals surface area contributed by atoms with Crippen molar-refractivity contribution in [1.82, 2.24) is 9.47 Å². The van der Waals surface area contributed by atoms with Crippen LogP contribution >= 0.6 is 11.3 Å². The Morgan fingerprint density at radius 3 is 2.66 bits per heavy atom. The van der Waals surface area contributed by atoms with Gasteiger partial charge >= 0.3 is 6.61 Å². The largest absolute Gasteiger partial charge is 0.433 e. The number of alkyl halides is 2. The van der Waals surface area contributed by atoms with Crippen molar-refractivity contribution in [2.75, 3.05) is 18.4 Å². The Labute approximate surface area is 170 Å². The molecular weight excluding hydrogens is 400 g/mol. The second-order valence-corrected chi connectivity index (χ2v) is 7.15. The van der Waals surface area contributed by atoms with Crippen molar-refractivity contribution in [3.63, 3.8) is 0 Å². The van der Waals surface area contributed by atoms with Gasteiger partial charge in [-0.05, 0) is 49.6 Å². The van der Waals surface area contributed by atoms with E-state index in [-0.39, 0.29) is 23.1 Å². The van der Waals surface area contributed by atoms with Crippen molar-refractivity contribution in [1.29, 1.82) is 0 Å². The summed E-state index contributed by atoms with van der Waals surface area (Å²) in [5.74, 6) is -0.634. The Morgan fingerprint density at radius 1 is 1.21 bits per heavy atom. The molecule has 0 radical (unpaired) electrons. The molecule has 0 aliphatic heterocycles. The number of likely N-dealkylation sites (N-methyl/N-ethyl adjacent to an activating group) is 1. The Kier molecular flexibility index (Phi) is 6.48. The molecule has 0 atom stereocenters. The lowest BCUT2D eigenvalue weighted by Crippen LogP contribution is -2.33. The second-order valence-electron chi connectivity index (χ2n) is 6.23. The van der Waals surface area contributed by atoms with Crippen molar-refractivity contribution in [3.8, 4) is 5.75 Å². The first-order valence-electron chi connectivity index (χ1n) is 9.13. The van der Waals surface area contributed by atoms with E-state index in [1.165, 1.54) is 11.4 Å². The van der Waals surface area contributed by atoms with Crippen LogP contribution in [0.2, 0.25) is 0 Å². The first-order chi connectivity index (χ1) is 13.9. The third-order valence-corrected chi connectivity index (χ3v) is 5.40. The van der Waals surface area contributed by atoms with Crippen molar-refractivity contribution >= 4 is 39.7 Å². The van der Waals surface area contributed by atoms with Crippen LogP contribution in [0.5, 0.6) is 5.75 Å². The van der Waals surface area contributed by atoms with E-state index in [0.717, 1.165) is 22.2 Å². The lowest BCUT2D eigenvalue weighted by atomic mass is 10.2. The number of nitrogens with one attached hydrogen (secondary N) is 1. The highest BCUT2D eigenvalue weighted by Gasteiger charge is 2.18. The molecule has 3 rings (SSSR count). The molecule has 3 aromatic rings. The van der Waals surface area contributed by atoms with Gasteiger partial charge in [-0.2, -0.15) is 8.78 Å². The fraction of sp³-hybridized carbons (Fsp3) is 0.300. The Balaban J connectivity index is 1.75. The van der Waals surface area contributed by atoms with Gasteiger partial charge in [-0.25, -0.2) is 0 Å². The molecule has 0 fully saturated rings. The zero-order chi connectivity index (χ0) is 21.0. The average molecular weight is 421 g/mol. The maximum Gasteiger partial charge on any atom is 0.387 e. The van der Waals surface area contributed by atoms with Gasteiger partial charge in [0.05, 0.1) is 0 Å². The van der Waals surface area contributed by atoms with Gasteiger partial charge in [0, 0.05) is 35.9 Å². The zero-order valence-electron chi connectivity index (χ0n) is 16.0. The molecule has 6 nitrogen and oxygen atoms in total. The van der Waals surface area contributed by atoms with Crippen LogP contribution in [0.1, 0.15) is 23.5 Å². The van der Waals surface area contributed by atoms with E-state index >= 15 is 0 Å². The Hall–Kier alpha value is -2.94. The van der Waals surface area contributed by atoms with Crippen LogP contribution in [0.4, 0.5) is 14.5 Å². The number of fused-ring (bicyclic) bond motifs is 1. The van der Waals surface area contributed by atoms with Crippen LogP contribution in [0.25, 0.3) is 10.9 Å². The maximum atomic E-state index is 12.5. The smallest absolute Gasteiger partial charge is 0.387 e. The molecule has 9 heteroatoms. The van der Waals surface area contributed by atoms with Gasteiger partial charge in [-0.1, -0.05) is 0 Å². The number of thiophene rings is 1. The summed E-state index contributed by atoms with van der Waals surface area (Å²) in [7, 11) is 0. The molecule has 1 aromatic carbocycles. The third-order valence-electron chi connectivity index (χ3n) is 4.50. The summed E-state index contributed by atoms with van der Waals surface area (Å²) in [5, 5.41) is 5.07. The monoisotopic (exact) mass is 421 g/mol. The van der Waals surface area contributed by atoms with Gasteiger partial charge in [0.1, 0.15) is 17.2 Å². The molecule has 0 unspecified atom stereocenters. The van der Waals surface area contributed by atoms with E-state index in [2.05, 4.69) is 10.1 Å². The van der Waals surface area contributed by atoms with E-state index in [1.807, 2.05) is 36.7 Å². The fourth-order valence-electron chi connectivity index (χ4n) is 3.08. The number of ether oxygens (including phenoxy) is 1. The number of benzene rings is 1. The molecule has 154 valence electrons. The highest BCUT2D eigenvalue weighted by molar-refractivity contribution is 7.12. The highest BCUT2D eigenvalue weighted by Crippen LogP contribution is 2.28. The summed E-state index contributed by atoms with van der Waals surface area (Å²) >= 11 is 1.02. The summed E-state index contributed by atoms with van der Waals surface area (Å²) in [6, 6.07) is 8.48. The number of hydrogen-bond donors (Lipinski definition) is 1. The van der Waals surface area contributed by atoms with Crippen LogP contribution in [-0.2, 0) is 11.3 Å². The molecule has 0 saturated carbocycles. The number of carbonyl (C=O) groups is 2. The van der Waals surface area contributed by atoms with Gasteiger partial charge in [-0.15, -0.1) is 11.3 Å². The number of rotatable bonds is 8. The zero-order valence-corrected chi connectivity index (χ0v) is 16.8. The van der Waals surface area contributed by atoms with Gasteiger partial charge in [-0.3, -0.25) is 9.59 Å². The molecule has 2 amide bonds. The summed E-state index contributed by atoms with van der Waals surface area (Å²) in [6.45, 7) is 2.44. The lowest BCUT2D eigenvalue weighted by molar-refractivity contribution is -0.131. The minimum absolute atomic E-state index is 0.0362. The standard InChI is InChI=1S/C20H21F2N3O3S/c1-3-24(4-2)17(26)12-25-9-7-13-11-14(5-6-15(13)25)23-19(27)18-16(8-10-29-18)28-20(21)22/h5-11,20H,3-4,12H2,1-2H3,(H,23,27). The first-order valence-corrected chi connectivity index (χ1v) is 10.0. The van der Waals surface area contributed by atoms with E-state index in [1.54, 1.807) is 17.0 Å². The average Bonchev–Trinajstić information content (AvgIpc) is 3.29. The number of aromatic nitrogens is 1. The lowest BCUT2D eigenvalue weighted by Gasteiger charge is -2.19. The van der Waals surface area contributed by atoms with E-state index < -0.39 is 12.5 Å². The summed E-state index contributed by atoms with van der Waals surface area (Å²) in [4.78, 5) is 26.6. The van der Waals surface area contributed by atoms with Crippen LogP contribution in [0, 0.1) is 0 Å². The predicted octanol–water partition coefficient (Wildman–Crippen LogP) is 4.42. The summed E-state index contributed by atoms with van der Waals surface area (Å²) in [6.07, 6.45) is 1.82. The van der Waals surface area contributed by atoms with Crippen LogP contribution in [-0.4, -0.2) is 41.0 Å². The van der Waals surface area contributed by atoms with Crippen LogP contribution in [0.3, 0.4) is 0 Å². The molecule has 1 N–H and O–H groups in total. The topological polar surface area (TPSA) is 63.6 Å². The molecule has 2 heterocycles. The molecule has 0 saturated heterocycles. The van der Waals surface area contributed by atoms with Gasteiger partial charge in [0.25, 0.3) is 5.91 Å². The normalized spacial score (nSPS) is 11.1. The SMILES string of the molecule is CCN(CC)C(=O)Cn1ccc2cc(NC(=O)c3sccc3OC(F)F)ccc21. The van der Waals surface area contributed by atoms with Crippen molar-refractivity contribution in [2.45, 2.75) is 27.0 Å². The van der Waals surface area contributed by atoms with Crippen LogP contribution < -0.4 is 10.1 Å². The molecule has 0 aliphatic rings. The minimum atomic E-state index is -2.99. The summed E-state index contributed by atoms with van der Waals surface area (Å²) < 4.78 is 31.1. The number of amides is 2. The molecule has 0 aliphatic carbocycles. The van der Waals surface area contributed by atoms with Crippen LogP contribution in [0.15, 0.2) is 41.9 Å². The third kappa shape index (κ3) is 4.73. The highest BCUT2D eigenvalue weighted by atomic mass is 32.1. The minimum Gasteiger partial charge on any atom is -0.433 e. The van der Waals surface area contributed by atoms with E-state index in [4.69, 9.17) is 0 Å². The van der Waals surface area contributed by atoms with Gasteiger partial charge < -0.3 is 19.5 Å². The molecule has 0 spiro atoms. The predicted molar refractivity (Wildman–Crippen MR) is 109 cm³/mol. The van der Waals surface area contributed by atoms with Gasteiger partial charge in [0.15, 0.2) is 0 Å². The molecule has 2 aromatic heterocycles. The first kappa shape index (κ1) is 20.8. The van der Waals surface area contributed by atoms with Crippen molar-refractivity contribution in [2.24, 2.45) is 0 Å². The van der Waals surface area contributed by atoms with E-state index in [9.17, 15) is 18.4 Å².